The number of fused-ring (bicyclic) bond motifs is 1. The van der Waals surface area contributed by atoms with Crippen molar-refractivity contribution in [3.8, 4) is 11.4 Å². The van der Waals surface area contributed by atoms with Gasteiger partial charge >= 0.3 is 0 Å². The second kappa shape index (κ2) is 9.08. The molecule has 0 saturated carbocycles. The smallest absolute Gasteiger partial charge is 0.251 e. The van der Waals surface area contributed by atoms with E-state index < -0.39 is 0 Å². The molecule has 0 saturated heterocycles. The highest BCUT2D eigenvalue weighted by molar-refractivity contribution is 5.94. The molecular weight excluding hydrogens is 412 g/mol. The molecule has 1 amide bonds. The van der Waals surface area contributed by atoms with Gasteiger partial charge in [-0.1, -0.05) is 55.5 Å². The predicted molar refractivity (Wildman–Crippen MR) is 128 cm³/mol. The lowest BCUT2D eigenvalue weighted by Crippen LogP contribution is -2.22. The first kappa shape index (κ1) is 20.6. The quantitative estimate of drug-likeness (QED) is 0.397. The fourth-order valence-corrected chi connectivity index (χ4v) is 3.73. The standard InChI is InChI=1S/C26H24N6O/c1-2-24-29-25(31-30-24)20-11-13-21(14-12-20)26(33)27-15-18-7-9-19(10-8-18)16-32-17-28-22-5-3-4-6-23(22)32/h3-14,17H,2,15-16H2,1H3,(H,27,33)(H,29,30,31). The molecule has 2 N–H and O–H groups in total. The van der Waals surface area contributed by atoms with Crippen molar-refractivity contribution in [1.82, 2.24) is 30.0 Å². The fraction of sp³-hybridized carbons (Fsp3) is 0.154. The minimum Gasteiger partial charge on any atom is -0.348 e. The number of hydrogen-bond donors (Lipinski definition) is 2. The zero-order valence-corrected chi connectivity index (χ0v) is 18.3. The van der Waals surface area contributed by atoms with Crippen LogP contribution in [-0.4, -0.2) is 30.6 Å². The number of nitrogens with one attached hydrogen (secondary N) is 2. The number of aromatic nitrogens is 5. The molecule has 0 spiro atoms. The summed E-state index contributed by atoms with van der Waals surface area (Å²) in [6.45, 7) is 3.24. The third kappa shape index (κ3) is 4.52. The van der Waals surface area contributed by atoms with Gasteiger partial charge < -0.3 is 9.88 Å². The first-order valence-corrected chi connectivity index (χ1v) is 11.0. The molecule has 2 aromatic heterocycles. The average Bonchev–Trinajstić information content (AvgIpc) is 3.51. The summed E-state index contributed by atoms with van der Waals surface area (Å²) in [5.41, 5.74) is 5.83. The molecule has 5 aromatic rings. The topological polar surface area (TPSA) is 88.5 Å². The van der Waals surface area contributed by atoms with Crippen molar-refractivity contribution in [1.29, 1.82) is 0 Å². The van der Waals surface area contributed by atoms with Gasteiger partial charge in [0.15, 0.2) is 5.82 Å². The Morgan fingerprint density at radius 1 is 0.970 bits per heavy atom. The van der Waals surface area contributed by atoms with Gasteiger partial charge in [0, 0.05) is 30.6 Å². The molecule has 0 atom stereocenters. The van der Waals surface area contributed by atoms with E-state index in [1.165, 1.54) is 5.56 Å². The molecule has 0 radical (unpaired) electrons. The summed E-state index contributed by atoms with van der Waals surface area (Å²) >= 11 is 0. The highest BCUT2D eigenvalue weighted by atomic mass is 16.1. The van der Waals surface area contributed by atoms with E-state index in [0.29, 0.717) is 17.9 Å². The third-order valence-electron chi connectivity index (χ3n) is 5.63. The van der Waals surface area contributed by atoms with Gasteiger partial charge in [0.05, 0.1) is 17.4 Å². The molecule has 0 fully saturated rings. The molecular formula is C26H24N6O. The molecule has 0 unspecified atom stereocenters. The van der Waals surface area contributed by atoms with E-state index in [-0.39, 0.29) is 5.91 Å². The molecule has 33 heavy (non-hydrogen) atoms. The Morgan fingerprint density at radius 3 is 2.48 bits per heavy atom. The Bertz CT molecular complexity index is 1380. The van der Waals surface area contributed by atoms with Crippen LogP contribution >= 0.6 is 0 Å². The number of nitrogens with zero attached hydrogens (tertiary/aromatic N) is 4. The summed E-state index contributed by atoms with van der Waals surface area (Å²) in [5, 5.41) is 10.1. The van der Waals surface area contributed by atoms with Crippen LogP contribution in [0.2, 0.25) is 0 Å². The number of H-pyrrole nitrogens is 1. The van der Waals surface area contributed by atoms with Crippen molar-refractivity contribution in [2.24, 2.45) is 0 Å². The molecule has 164 valence electrons. The Hall–Kier alpha value is -4.26. The molecule has 7 heteroatoms. The molecule has 3 aromatic carbocycles. The number of hydrogen-bond acceptors (Lipinski definition) is 4. The summed E-state index contributed by atoms with van der Waals surface area (Å²) in [4.78, 5) is 21.4. The van der Waals surface area contributed by atoms with E-state index in [1.807, 2.05) is 55.7 Å². The molecule has 0 bridgehead atoms. The van der Waals surface area contributed by atoms with E-state index in [0.717, 1.165) is 41.0 Å². The summed E-state index contributed by atoms with van der Waals surface area (Å²) in [7, 11) is 0. The number of aromatic amines is 1. The summed E-state index contributed by atoms with van der Waals surface area (Å²) < 4.78 is 2.14. The van der Waals surface area contributed by atoms with E-state index >= 15 is 0 Å². The number of benzene rings is 3. The number of aryl methyl sites for hydroxylation is 1. The number of para-hydroxylation sites is 2. The monoisotopic (exact) mass is 436 g/mol. The highest BCUT2D eigenvalue weighted by Crippen LogP contribution is 2.17. The first-order chi connectivity index (χ1) is 16.2. The molecule has 0 aliphatic heterocycles. The van der Waals surface area contributed by atoms with Crippen LogP contribution in [0.4, 0.5) is 0 Å². The van der Waals surface area contributed by atoms with E-state index in [2.05, 4.69) is 48.2 Å². The predicted octanol–water partition coefficient (Wildman–Crippen LogP) is 4.36. The second-order valence-electron chi connectivity index (χ2n) is 7.90. The van der Waals surface area contributed by atoms with Crippen molar-refractivity contribution in [2.75, 3.05) is 0 Å². The van der Waals surface area contributed by atoms with E-state index in [9.17, 15) is 4.79 Å². The van der Waals surface area contributed by atoms with Crippen molar-refractivity contribution in [3.05, 3.63) is 102 Å². The zero-order valence-electron chi connectivity index (χ0n) is 18.3. The minimum absolute atomic E-state index is 0.111. The summed E-state index contributed by atoms with van der Waals surface area (Å²) in [6.07, 6.45) is 2.67. The molecule has 7 nitrogen and oxygen atoms in total. The maximum Gasteiger partial charge on any atom is 0.251 e. The van der Waals surface area contributed by atoms with Crippen LogP contribution in [0.25, 0.3) is 22.4 Å². The maximum absolute atomic E-state index is 12.6. The number of amides is 1. The zero-order chi connectivity index (χ0) is 22.6. The summed E-state index contributed by atoms with van der Waals surface area (Å²) in [6, 6.07) is 23.7. The van der Waals surface area contributed by atoms with Gasteiger partial charge in [-0.25, -0.2) is 9.97 Å². The van der Waals surface area contributed by atoms with Crippen LogP contribution in [-0.2, 0) is 19.5 Å². The lowest BCUT2D eigenvalue weighted by Gasteiger charge is -2.08. The van der Waals surface area contributed by atoms with Gasteiger partial charge in [-0.15, -0.1) is 0 Å². The van der Waals surface area contributed by atoms with Gasteiger partial charge in [0.25, 0.3) is 5.91 Å². The van der Waals surface area contributed by atoms with Gasteiger partial charge in [-0.3, -0.25) is 9.89 Å². The Morgan fingerprint density at radius 2 is 1.73 bits per heavy atom. The minimum atomic E-state index is -0.111. The van der Waals surface area contributed by atoms with Crippen LogP contribution in [0.5, 0.6) is 0 Å². The number of rotatable bonds is 7. The average molecular weight is 437 g/mol. The van der Waals surface area contributed by atoms with Crippen LogP contribution in [0.15, 0.2) is 79.1 Å². The van der Waals surface area contributed by atoms with Crippen LogP contribution < -0.4 is 5.32 Å². The number of imidazole rings is 1. The van der Waals surface area contributed by atoms with Crippen LogP contribution in [0, 0.1) is 0 Å². The van der Waals surface area contributed by atoms with E-state index in [4.69, 9.17) is 0 Å². The maximum atomic E-state index is 12.6. The molecule has 5 rings (SSSR count). The Kier molecular flexibility index (Phi) is 5.68. The molecule has 2 heterocycles. The third-order valence-corrected chi connectivity index (χ3v) is 5.63. The largest absolute Gasteiger partial charge is 0.348 e. The Balaban J connectivity index is 1.18. The van der Waals surface area contributed by atoms with Crippen molar-refractivity contribution in [3.63, 3.8) is 0 Å². The van der Waals surface area contributed by atoms with Crippen molar-refractivity contribution >= 4 is 16.9 Å². The Labute approximate surface area is 191 Å². The number of carbonyl (C=O) groups is 1. The van der Waals surface area contributed by atoms with E-state index in [1.54, 1.807) is 12.1 Å². The van der Waals surface area contributed by atoms with Crippen LogP contribution in [0.3, 0.4) is 0 Å². The van der Waals surface area contributed by atoms with Gasteiger partial charge in [0.1, 0.15) is 5.82 Å². The second-order valence-corrected chi connectivity index (χ2v) is 7.90. The highest BCUT2D eigenvalue weighted by Gasteiger charge is 2.09. The van der Waals surface area contributed by atoms with Crippen molar-refractivity contribution < 1.29 is 4.79 Å². The molecule has 0 aliphatic carbocycles. The SMILES string of the molecule is CCc1nc(-c2ccc(C(=O)NCc3ccc(Cn4cnc5ccccc54)cc3)cc2)n[nH]1. The fourth-order valence-electron chi connectivity index (χ4n) is 3.73. The summed E-state index contributed by atoms with van der Waals surface area (Å²) in [5.74, 6) is 1.37. The first-order valence-electron chi connectivity index (χ1n) is 11.0. The van der Waals surface area contributed by atoms with Gasteiger partial charge in [0.2, 0.25) is 0 Å². The van der Waals surface area contributed by atoms with Gasteiger partial charge in [-0.2, -0.15) is 5.10 Å². The van der Waals surface area contributed by atoms with Crippen LogP contribution in [0.1, 0.15) is 34.2 Å². The van der Waals surface area contributed by atoms with Crippen molar-refractivity contribution in [2.45, 2.75) is 26.4 Å². The molecule has 0 aliphatic rings. The number of carbonyl (C=O) groups excluding carboxylic acids is 1. The normalized spacial score (nSPS) is 11.1. The lowest BCUT2D eigenvalue weighted by molar-refractivity contribution is 0.0951. The lowest BCUT2D eigenvalue weighted by atomic mass is 10.1. The van der Waals surface area contributed by atoms with Gasteiger partial charge in [-0.05, 0) is 35.4 Å².